The number of alkyl carbamates (subject to hydrolysis) is 1. The Bertz CT molecular complexity index is 277. The molecular formula is C14H25NO3. The molecule has 0 aliphatic heterocycles. The van der Waals surface area contributed by atoms with Crippen LogP contribution in [0.5, 0.6) is 0 Å². The molecule has 0 rings (SSSR count). The third kappa shape index (κ3) is 12.8. The van der Waals surface area contributed by atoms with Crippen LogP contribution in [0, 0.1) is 0 Å². The Morgan fingerprint density at radius 1 is 1.22 bits per heavy atom. The fourth-order valence-corrected chi connectivity index (χ4v) is 1.07. The summed E-state index contributed by atoms with van der Waals surface area (Å²) in [6.07, 6.45) is 8.21. The van der Waals surface area contributed by atoms with Crippen LogP contribution in [0.3, 0.4) is 0 Å². The molecule has 4 heteroatoms. The molecule has 4 nitrogen and oxygen atoms in total. The largest absolute Gasteiger partial charge is 0.444 e. The zero-order chi connectivity index (χ0) is 13.9. The van der Waals surface area contributed by atoms with Gasteiger partial charge in [0.25, 0.3) is 0 Å². The van der Waals surface area contributed by atoms with E-state index in [9.17, 15) is 4.79 Å². The zero-order valence-electron chi connectivity index (χ0n) is 11.9. The summed E-state index contributed by atoms with van der Waals surface area (Å²) in [7, 11) is 0. The first-order chi connectivity index (χ1) is 8.45. The van der Waals surface area contributed by atoms with Gasteiger partial charge in [0, 0.05) is 13.2 Å². The minimum atomic E-state index is -0.443. The molecule has 0 atom stereocenters. The number of ether oxygens (including phenoxy) is 2. The van der Waals surface area contributed by atoms with Crippen molar-refractivity contribution in [2.24, 2.45) is 0 Å². The van der Waals surface area contributed by atoms with Crippen molar-refractivity contribution < 1.29 is 14.3 Å². The number of carbonyl (C=O) groups is 1. The van der Waals surface area contributed by atoms with E-state index < -0.39 is 5.60 Å². The maximum Gasteiger partial charge on any atom is 0.407 e. The molecule has 0 heterocycles. The maximum absolute atomic E-state index is 11.3. The molecule has 0 bridgehead atoms. The fourth-order valence-electron chi connectivity index (χ4n) is 1.07. The highest BCUT2D eigenvalue weighted by atomic mass is 16.6. The third-order valence-corrected chi connectivity index (χ3v) is 1.78. The van der Waals surface area contributed by atoms with Crippen molar-refractivity contribution in [3.63, 3.8) is 0 Å². The second-order valence-corrected chi connectivity index (χ2v) is 4.73. The molecule has 0 aromatic rings. The number of rotatable bonds is 7. The van der Waals surface area contributed by atoms with E-state index in [1.54, 1.807) is 0 Å². The van der Waals surface area contributed by atoms with Crippen LogP contribution in [0.15, 0.2) is 24.3 Å². The predicted molar refractivity (Wildman–Crippen MR) is 73.6 cm³/mol. The van der Waals surface area contributed by atoms with E-state index in [0.29, 0.717) is 13.2 Å². The van der Waals surface area contributed by atoms with Gasteiger partial charge < -0.3 is 14.8 Å². The van der Waals surface area contributed by atoms with Crippen molar-refractivity contribution in [1.29, 1.82) is 0 Å². The Morgan fingerprint density at radius 2 is 1.89 bits per heavy atom. The highest BCUT2D eigenvalue weighted by Crippen LogP contribution is 2.06. The molecule has 0 aliphatic carbocycles. The maximum atomic E-state index is 11.3. The van der Waals surface area contributed by atoms with Crippen molar-refractivity contribution in [1.82, 2.24) is 5.32 Å². The van der Waals surface area contributed by atoms with Gasteiger partial charge in [-0.25, -0.2) is 4.79 Å². The average molecular weight is 255 g/mol. The van der Waals surface area contributed by atoms with E-state index in [-0.39, 0.29) is 6.09 Å². The second kappa shape index (κ2) is 9.71. The summed E-state index contributed by atoms with van der Waals surface area (Å²) in [5.41, 5.74) is -0.443. The summed E-state index contributed by atoms with van der Waals surface area (Å²) >= 11 is 0. The van der Waals surface area contributed by atoms with Crippen LogP contribution in [0.1, 0.15) is 34.1 Å². The number of amides is 1. The molecule has 0 radical (unpaired) electrons. The summed E-state index contributed by atoms with van der Waals surface area (Å²) in [6.45, 7) is 9.43. The first-order valence-corrected chi connectivity index (χ1v) is 6.32. The van der Waals surface area contributed by atoms with E-state index in [1.807, 2.05) is 52.0 Å². The van der Waals surface area contributed by atoms with Gasteiger partial charge >= 0.3 is 6.09 Å². The minimum absolute atomic E-state index is 0.372. The summed E-state index contributed by atoms with van der Waals surface area (Å²) in [6, 6.07) is 0. The number of carbonyl (C=O) groups excluding carboxylic acids is 1. The van der Waals surface area contributed by atoms with Gasteiger partial charge in [-0.15, -0.1) is 0 Å². The lowest BCUT2D eigenvalue weighted by molar-refractivity contribution is 0.0529. The molecule has 0 fully saturated rings. The Morgan fingerprint density at radius 3 is 2.50 bits per heavy atom. The Hall–Kier alpha value is -1.29. The second-order valence-electron chi connectivity index (χ2n) is 4.73. The van der Waals surface area contributed by atoms with Gasteiger partial charge in [0.1, 0.15) is 5.60 Å². The van der Waals surface area contributed by atoms with Gasteiger partial charge in [-0.2, -0.15) is 0 Å². The molecule has 0 aliphatic rings. The van der Waals surface area contributed by atoms with Gasteiger partial charge in [-0.3, -0.25) is 0 Å². The molecule has 104 valence electrons. The Kier molecular flexibility index (Phi) is 9.01. The SMILES string of the molecule is CCOC/C=C/C=C/CCNC(=O)OC(C)(C)C. The molecule has 0 saturated heterocycles. The van der Waals surface area contributed by atoms with E-state index in [0.717, 1.165) is 13.0 Å². The highest BCUT2D eigenvalue weighted by Gasteiger charge is 2.14. The lowest BCUT2D eigenvalue weighted by Gasteiger charge is -2.19. The third-order valence-electron chi connectivity index (χ3n) is 1.78. The fraction of sp³-hybridized carbons (Fsp3) is 0.643. The zero-order valence-corrected chi connectivity index (χ0v) is 11.9. The molecule has 1 N–H and O–H groups in total. The molecular weight excluding hydrogens is 230 g/mol. The van der Waals surface area contributed by atoms with Crippen LogP contribution in [-0.4, -0.2) is 31.5 Å². The van der Waals surface area contributed by atoms with Crippen LogP contribution < -0.4 is 5.32 Å². The standard InChI is InChI=1S/C14H25NO3/c1-5-17-12-10-8-6-7-9-11-15-13(16)18-14(2,3)4/h6-8,10H,5,9,11-12H2,1-4H3,(H,15,16)/b7-6+,10-8+. The van der Waals surface area contributed by atoms with Crippen molar-refractivity contribution in [3.8, 4) is 0 Å². The number of allylic oxidation sites excluding steroid dienone is 2. The van der Waals surface area contributed by atoms with Crippen molar-refractivity contribution in [2.45, 2.75) is 39.7 Å². The number of nitrogens with one attached hydrogen (secondary N) is 1. The Balaban J connectivity index is 3.53. The molecule has 0 aromatic carbocycles. The van der Waals surface area contributed by atoms with Crippen LogP contribution >= 0.6 is 0 Å². The lowest BCUT2D eigenvalue weighted by Crippen LogP contribution is -2.32. The van der Waals surface area contributed by atoms with Crippen LogP contribution in [0.2, 0.25) is 0 Å². The molecule has 0 saturated carbocycles. The predicted octanol–water partition coefficient (Wildman–Crippen LogP) is 3.05. The normalized spacial score (nSPS) is 12.2. The van der Waals surface area contributed by atoms with E-state index in [1.165, 1.54) is 0 Å². The number of hydrogen-bond donors (Lipinski definition) is 1. The van der Waals surface area contributed by atoms with Crippen molar-refractivity contribution in [3.05, 3.63) is 24.3 Å². The Labute approximate surface area is 110 Å². The molecule has 1 amide bonds. The van der Waals surface area contributed by atoms with Crippen molar-refractivity contribution >= 4 is 6.09 Å². The summed E-state index contributed by atoms with van der Waals surface area (Å²) in [5.74, 6) is 0. The lowest BCUT2D eigenvalue weighted by atomic mass is 10.2. The van der Waals surface area contributed by atoms with E-state index in [2.05, 4.69) is 5.32 Å². The first kappa shape index (κ1) is 16.7. The molecule has 0 spiro atoms. The van der Waals surface area contributed by atoms with Gasteiger partial charge in [-0.1, -0.05) is 24.3 Å². The smallest absolute Gasteiger partial charge is 0.407 e. The summed E-state index contributed by atoms with van der Waals surface area (Å²) < 4.78 is 10.2. The monoisotopic (exact) mass is 255 g/mol. The first-order valence-electron chi connectivity index (χ1n) is 6.32. The van der Waals surface area contributed by atoms with Gasteiger partial charge in [0.05, 0.1) is 6.61 Å². The molecule has 0 unspecified atom stereocenters. The van der Waals surface area contributed by atoms with Crippen molar-refractivity contribution in [2.75, 3.05) is 19.8 Å². The summed E-state index contributed by atoms with van der Waals surface area (Å²) in [4.78, 5) is 11.3. The van der Waals surface area contributed by atoms with Gasteiger partial charge in [0.2, 0.25) is 0 Å². The number of hydrogen-bond acceptors (Lipinski definition) is 3. The average Bonchev–Trinajstić information content (AvgIpc) is 2.24. The van der Waals surface area contributed by atoms with Gasteiger partial charge in [0.15, 0.2) is 0 Å². The van der Waals surface area contributed by atoms with E-state index >= 15 is 0 Å². The minimum Gasteiger partial charge on any atom is -0.444 e. The van der Waals surface area contributed by atoms with E-state index in [4.69, 9.17) is 9.47 Å². The topological polar surface area (TPSA) is 47.6 Å². The summed E-state index contributed by atoms with van der Waals surface area (Å²) in [5, 5.41) is 2.69. The molecule has 18 heavy (non-hydrogen) atoms. The van der Waals surface area contributed by atoms with Crippen LogP contribution in [0.25, 0.3) is 0 Å². The van der Waals surface area contributed by atoms with Crippen LogP contribution in [-0.2, 0) is 9.47 Å². The van der Waals surface area contributed by atoms with Gasteiger partial charge in [-0.05, 0) is 34.1 Å². The van der Waals surface area contributed by atoms with Crippen LogP contribution in [0.4, 0.5) is 4.79 Å². The molecule has 0 aromatic heterocycles. The quantitative estimate of drug-likeness (QED) is 0.562. The highest BCUT2D eigenvalue weighted by molar-refractivity contribution is 5.67.